The lowest BCUT2D eigenvalue weighted by Crippen LogP contribution is -1.99. The number of benzene rings is 1. The molecular formula is C14H12ClNO3. The van der Waals surface area contributed by atoms with E-state index in [1.807, 2.05) is 31.2 Å². The van der Waals surface area contributed by atoms with Crippen molar-refractivity contribution in [3.8, 4) is 17.0 Å². The molecule has 0 fully saturated rings. The number of aromatic nitrogens is 1. The van der Waals surface area contributed by atoms with Gasteiger partial charge in [-0.15, -0.1) is 0 Å². The van der Waals surface area contributed by atoms with Crippen LogP contribution in [0.2, 0.25) is 5.15 Å². The van der Waals surface area contributed by atoms with Crippen LogP contribution in [0, 0.1) is 0 Å². The van der Waals surface area contributed by atoms with E-state index in [1.54, 1.807) is 6.07 Å². The fourth-order valence-corrected chi connectivity index (χ4v) is 1.88. The zero-order valence-corrected chi connectivity index (χ0v) is 11.0. The molecular weight excluding hydrogens is 266 g/mol. The van der Waals surface area contributed by atoms with Crippen molar-refractivity contribution in [2.45, 2.75) is 6.92 Å². The van der Waals surface area contributed by atoms with Crippen molar-refractivity contribution in [1.82, 2.24) is 4.98 Å². The maximum atomic E-state index is 10.8. The summed E-state index contributed by atoms with van der Waals surface area (Å²) in [5, 5.41) is 8.87. The summed E-state index contributed by atoms with van der Waals surface area (Å²) in [7, 11) is 0. The zero-order valence-electron chi connectivity index (χ0n) is 10.3. The van der Waals surface area contributed by atoms with Crippen molar-refractivity contribution >= 4 is 17.6 Å². The van der Waals surface area contributed by atoms with Crippen LogP contribution in [0.4, 0.5) is 0 Å². The second-order valence-electron chi connectivity index (χ2n) is 3.80. The maximum absolute atomic E-state index is 10.8. The van der Waals surface area contributed by atoms with E-state index in [2.05, 4.69) is 4.98 Å². The second kappa shape index (κ2) is 5.71. The number of ether oxygens (including phenoxy) is 1. The minimum Gasteiger partial charge on any atom is -0.494 e. The predicted octanol–water partition coefficient (Wildman–Crippen LogP) is 3.50. The van der Waals surface area contributed by atoms with Crippen molar-refractivity contribution in [3.05, 3.63) is 47.1 Å². The van der Waals surface area contributed by atoms with Crippen molar-refractivity contribution in [1.29, 1.82) is 0 Å². The fourth-order valence-electron chi connectivity index (χ4n) is 1.64. The first kappa shape index (κ1) is 13.4. The van der Waals surface area contributed by atoms with Gasteiger partial charge in [-0.3, -0.25) is 0 Å². The molecule has 0 aliphatic carbocycles. The largest absolute Gasteiger partial charge is 0.494 e. The number of carboxylic acids is 1. The highest BCUT2D eigenvalue weighted by Crippen LogP contribution is 2.24. The van der Waals surface area contributed by atoms with Gasteiger partial charge in [-0.2, -0.15) is 0 Å². The smallest absolute Gasteiger partial charge is 0.338 e. The molecule has 0 radical (unpaired) electrons. The molecule has 1 aromatic heterocycles. The number of nitrogens with zero attached hydrogens (tertiary/aromatic N) is 1. The number of hydrogen-bond acceptors (Lipinski definition) is 3. The average molecular weight is 278 g/mol. The molecule has 0 atom stereocenters. The molecule has 0 saturated heterocycles. The first-order valence-corrected chi connectivity index (χ1v) is 6.12. The van der Waals surface area contributed by atoms with Crippen molar-refractivity contribution < 1.29 is 14.6 Å². The minimum atomic E-state index is -1.09. The lowest BCUT2D eigenvalue weighted by Gasteiger charge is -2.06. The van der Waals surface area contributed by atoms with Gasteiger partial charge in [-0.1, -0.05) is 11.6 Å². The van der Waals surface area contributed by atoms with E-state index in [9.17, 15) is 4.79 Å². The topological polar surface area (TPSA) is 59.4 Å². The number of carbonyl (C=O) groups is 1. The Bertz CT molecular complexity index is 596. The molecule has 0 unspecified atom stereocenters. The van der Waals surface area contributed by atoms with Crippen LogP contribution in [0.5, 0.6) is 5.75 Å². The Morgan fingerprint density at radius 3 is 2.47 bits per heavy atom. The molecule has 19 heavy (non-hydrogen) atoms. The van der Waals surface area contributed by atoms with E-state index in [0.29, 0.717) is 12.3 Å². The SMILES string of the molecule is CCOc1ccc(-c2ccc(C(=O)O)c(Cl)n2)cc1. The van der Waals surface area contributed by atoms with Gasteiger partial charge >= 0.3 is 5.97 Å². The lowest BCUT2D eigenvalue weighted by atomic mass is 10.1. The first-order valence-electron chi connectivity index (χ1n) is 5.75. The van der Waals surface area contributed by atoms with Crippen LogP contribution >= 0.6 is 11.6 Å². The van der Waals surface area contributed by atoms with Crippen LogP contribution in [0.15, 0.2) is 36.4 Å². The molecule has 5 heteroatoms. The number of halogens is 1. The fraction of sp³-hybridized carbons (Fsp3) is 0.143. The molecule has 1 heterocycles. The van der Waals surface area contributed by atoms with E-state index in [4.69, 9.17) is 21.4 Å². The summed E-state index contributed by atoms with van der Waals surface area (Å²) in [6, 6.07) is 10.4. The van der Waals surface area contributed by atoms with Crippen molar-refractivity contribution in [2.75, 3.05) is 6.61 Å². The summed E-state index contributed by atoms with van der Waals surface area (Å²) >= 11 is 5.84. The van der Waals surface area contributed by atoms with E-state index in [1.165, 1.54) is 6.07 Å². The predicted molar refractivity (Wildman–Crippen MR) is 72.8 cm³/mol. The molecule has 0 saturated carbocycles. The molecule has 0 aliphatic rings. The average Bonchev–Trinajstić information content (AvgIpc) is 2.39. The second-order valence-corrected chi connectivity index (χ2v) is 4.16. The van der Waals surface area contributed by atoms with Crippen LogP contribution in [-0.4, -0.2) is 22.7 Å². The standard InChI is InChI=1S/C14H12ClNO3/c1-2-19-10-5-3-9(4-6-10)12-8-7-11(14(17)18)13(15)16-12/h3-8H,2H2,1H3,(H,17,18). The van der Waals surface area contributed by atoms with E-state index in [-0.39, 0.29) is 10.7 Å². The summed E-state index contributed by atoms with van der Waals surface area (Å²) in [6.45, 7) is 2.52. The Labute approximate surface area is 115 Å². The molecule has 0 spiro atoms. The van der Waals surface area contributed by atoms with Crippen LogP contribution in [0.1, 0.15) is 17.3 Å². The number of carboxylic acid groups (broad SMARTS) is 1. The van der Waals surface area contributed by atoms with E-state index >= 15 is 0 Å². The van der Waals surface area contributed by atoms with E-state index in [0.717, 1.165) is 11.3 Å². The Balaban J connectivity index is 2.31. The molecule has 2 aromatic rings. The minimum absolute atomic E-state index is 0.00338. The zero-order chi connectivity index (χ0) is 13.8. The molecule has 1 aromatic carbocycles. The Hall–Kier alpha value is -2.07. The van der Waals surface area contributed by atoms with E-state index < -0.39 is 5.97 Å². The summed E-state index contributed by atoms with van der Waals surface area (Å²) in [5.74, 6) is -0.310. The molecule has 0 amide bonds. The van der Waals surface area contributed by atoms with Gasteiger partial charge in [0.2, 0.25) is 0 Å². The van der Waals surface area contributed by atoms with Crippen LogP contribution in [0.25, 0.3) is 11.3 Å². The van der Waals surface area contributed by atoms with Gasteiger partial charge in [0.15, 0.2) is 0 Å². The number of pyridine rings is 1. The third-order valence-electron chi connectivity index (χ3n) is 2.54. The van der Waals surface area contributed by atoms with Crippen LogP contribution in [-0.2, 0) is 0 Å². The Kier molecular flexibility index (Phi) is 4.02. The molecule has 2 rings (SSSR count). The molecule has 0 aliphatic heterocycles. The third kappa shape index (κ3) is 3.03. The first-order chi connectivity index (χ1) is 9.11. The summed E-state index contributed by atoms with van der Waals surface area (Å²) in [6.07, 6.45) is 0. The van der Waals surface area contributed by atoms with Gasteiger partial charge in [-0.25, -0.2) is 9.78 Å². The summed E-state index contributed by atoms with van der Waals surface area (Å²) in [5.41, 5.74) is 1.47. The van der Waals surface area contributed by atoms with Gasteiger partial charge in [0.25, 0.3) is 0 Å². The van der Waals surface area contributed by atoms with Crippen LogP contribution in [0.3, 0.4) is 0 Å². The van der Waals surface area contributed by atoms with Gasteiger partial charge < -0.3 is 9.84 Å². The highest BCUT2D eigenvalue weighted by molar-refractivity contribution is 6.32. The van der Waals surface area contributed by atoms with Gasteiger partial charge in [0, 0.05) is 5.56 Å². The highest BCUT2D eigenvalue weighted by atomic mass is 35.5. The quantitative estimate of drug-likeness (QED) is 0.869. The normalized spacial score (nSPS) is 10.2. The number of hydrogen-bond donors (Lipinski definition) is 1. The number of rotatable bonds is 4. The van der Waals surface area contributed by atoms with Crippen molar-refractivity contribution in [3.63, 3.8) is 0 Å². The van der Waals surface area contributed by atoms with Gasteiger partial charge in [0.05, 0.1) is 17.9 Å². The van der Waals surface area contributed by atoms with Gasteiger partial charge in [-0.05, 0) is 43.3 Å². The Morgan fingerprint density at radius 1 is 1.26 bits per heavy atom. The molecule has 0 bridgehead atoms. The third-order valence-corrected chi connectivity index (χ3v) is 2.83. The van der Waals surface area contributed by atoms with Crippen molar-refractivity contribution in [2.24, 2.45) is 0 Å². The molecule has 4 nitrogen and oxygen atoms in total. The molecule has 1 N–H and O–H groups in total. The summed E-state index contributed by atoms with van der Waals surface area (Å²) in [4.78, 5) is 14.9. The maximum Gasteiger partial charge on any atom is 0.338 e. The van der Waals surface area contributed by atoms with Crippen LogP contribution < -0.4 is 4.74 Å². The summed E-state index contributed by atoms with van der Waals surface area (Å²) < 4.78 is 5.35. The number of aromatic carboxylic acids is 1. The Morgan fingerprint density at radius 2 is 1.95 bits per heavy atom. The monoisotopic (exact) mass is 277 g/mol. The lowest BCUT2D eigenvalue weighted by molar-refractivity contribution is 0.0696. The molecule has 98 valence electrons. The van der Waals surface area contributed by atoms with Gasteiger partial charge in [0.1, 0.15) is 10.9 Å². The highest BCUT2D eigenvalue weighted by Gasteiger charge is 2.11.